The smallest absolute Gasteiger partial charge is 0.193 e. The number of sulfone groups is 2. The Morgan fingerprint density at radius 1 is 1.36 bits per heavy atom. The third kappa shape index (κ3) is 4.29. The van der Waals surface area contributed by atoms with Crippen LogP contribution >= 0.6 is 11.3 Å². The maximum atomic E-state index is 12.6. The molecule has 0 amide bonds. The monoisotopic (exact) mass is 366 g/mol. The highest BCUT2D eigenvalue weighted by molar-refractivity contribution is 7.97. The number of nitrogens with zero attached hydrogens (tertiary/aromatic N) is 1. The van der Waals surface area contributed by atoms with Crippen molar-refractivity contribution in [2.24, 2.45) is 0 Å². The Balaban J connectivity index is 2.10. The summed E-state index contributed by atoms with van der Waals surface area (Å²) in [5.41, 5.74) is 0. The molecule has 1 saturated heterocycles. The van der Waals surface area contributed by atoms with Gasteiger partial charge in [-0.05, 0) is 45.1 Å². The van der Waals surface area contributed by atoms with Gasteiger partial charge in [-0.25, -0.2) is 16.8 Å². The van der Waals surface area contributed by atoms with Crippen molar-refractivity contribution in [2.45, 2.75) is 21.9 Å². The van der Waals surface area contributed by atoms with Crippen LogP contribution in [0.1, 0.15) is 6.42 Å². The summed E-state index contributed by atoms with van der Waals surface area (Å²) in [4.78, 5) is 2.03. The number of hydrogen-bond donors (Lipinski definition) is 1. The molecule has 1 aromatic rings. The molecule has 1 aromatic heterocycles. The molecular formula is C13H22N2O4S3. The van der Waals surface area contributed by atoms with Crippen LogP contribution < -0.4 is 5.32 Å². The lowest BCUT2D eigenvalue weighted by Gasteiger charge is -2.19. The molecule has 0 unspecified atom stereocenters. The lowest BCUT2D eigenvalue weighted by molar-refractivity contribution is 0.388. The van der Waals surface area contributed by atoms with Gasteiger partial charge in [-0.3, -0.25) is 0 Å². The summed E-state index contributed by atoms with van der Waals surface area (Å²) in [7, 11) is -3.00. The van der Waals surface area contributed by atoms with E-state index < -0.39 is 31.0 Å². The zero-order valence-electron chi connectivity index (χ0n) is 12.7. The van der Waals surface area contributed by atoms with Crippen molar-refractivity contribution in [2.75, 3.05) is 38.7 Å². The van der Waals surface area contributed by atoms with Gasteiger partial charge in [0, 0.05) is 6.04 Å². The molecule has 2 rings (SSSR count). The first kappa shape index (κ1) is 17.9. The fraction of sp³-hybridized carbons (Fsp3) is 0.692. The predicted octanol–water partition coefficient (Wildman–Crippen LogP) is 0.229. The van der Waals surface area contributed by atoms with Gasteiger partial charge in [0.25, 0.3) is 0 Å². The third-order valence-corrected chi connectivity index (χ3v) is 9.24. The third-order valence-electron chi connectivity index (χ3n) is 3.66. The molecule has 22 heavy (non-hydrogen) atoms. The van der Waals surface area contributed by atoms with Crippen molar-refractivity contribution in [3.05, 3.63) is 17.5 Å². The molecule has 0 radical (unpaired) electrons. The Kier molecular flexibility index (Phi) is 5.65. The number of hydrogen-bond acceptors (Lipinski definition) is 7. The normalized spacial score (nSPS) is 24.9. The van der Waals surface area contributed by atoms with Gasteiger partial charge in [0.2, 0.25) is 0 Å². The van der Waals surface area contributed by atoms with E-state index in [1.807, 2.05) is 19.0 Å². The van der Waals surface area contributed by atoms with E-state index in [0.29, 0.717) is 6.54 Å². The Morgan fingerprint density at radius 3 is 2.68 bits per heavy atom. The lowest BCUT2D eigenvalue weighted by atomic mass is 10.2. The summed E-state index contributed by atoms with van der Waals surface area (Å²) < 4.78 is 49.3. The van der Waals surface area contributed by atoms with Crippen LogP contribution in [-0.4, -0.2) is 71.7 Å². The summed E-state index contributed by atoms with van der Waals surface area (Å²) in [6.45, 7) is 1.48. The van der Waals surface area contributed by atoms with Crippen molar-refractivity contribution in [1.29, 1.82) is 0 Å². The van der Waals surface area contributed by atoms with E-state index in [4.69, 9.17) is 0 Å². The molecule has 126 valence electrons. The predicted molar refractivity (Wildman–Crippen MR) is 88.9 cm³/mol. The minimum Gasteiger partial charge on any atom is -0.312 e. The maximum Gasteiger partial charge on any atom is 0.193 e. The lowest BCUT2D eigenvalue weighted by Crippen LogP contribution is -2.43. The van der Waals surface area contributed by atoms with E-state index in [9.17, 15) is 16.8 Å². The van der Waals surface area contributed by atoms with Crippen molar-refractivity contribution >= 4 is 31.0 Å². The zero-order valence-corrected chi connectivity index (χ0v) is 15.2. The van der Waals surface area contributed by atoms with Crippen LogP contribution in [-0.2, 0) is 19.7 Å². The molecule has 2 heterocycles. The van der Waals surface area contributed by atoms with Gasteiger partial charge in [0.05, 0.1) is 16.8 Å². The molecule has 0 aromatic carbocycles. The van der Waals surface area contributed by atoms with Gasteiger partial charge in [-0.15, -0.1) is 11.3 Å². The summed E-state index contributed by atoms with van der Waals surface area (Å²) in [5, 5.41) is 3.93. The molecule has 1 fully saturated rings. The van der Waals surface area contributed by atoms with Gasteiger partial charge >= 0.3 is 0 Å². The summed E-state index contributed by atoms with van der Waals surface area (Å²) in [6.07, 6.45) is 0.843. The molecular weight excluding hydrogens is 344 g/mol. The van der Waals surface area contributed by atoms with Crippen LogP contribution in [0.3, 0.4) is 0 Å². The van der Waals surface area contributed by atoms with Crippen molar-refractivity contribution < 1.29 is 16.8 Å². The van der Waals surface area contributed by atoms with Crippen LogP contribution in [0.4, 0.5) is 0 Å². The minimum atomic E-state index is -3.60. The largest absolute Gasteiger partial charge is 0.312 e. The Labute approximate surface area is 136 Å². The maximum absolute atomic E-state index is 12.6. The van der Waals surface area contributed by atoms with Crippen molar-refractivity contribution in [3.63, 3.8) is 0 Å². The molecule has 1 N–H and O–H groups in total. The Morgan fingerprint density at radius 2 is 2.09 bits per heavy atom. The van der Waals surface area contributed by atoms with Crippen LogP contribution in [0.5, 0.6) is 0 Å². The number of thiophene rings is 1. The van der Waals surface area contributed by atoms with Crippen molar-refractivity contribution in [3.8, 4) is 0 Å². The average Bonchev–Trinajstić information content (AvgIpc) is 3.02. The first-order chi connectivity index (χ1) is 10.2. The van der Waals surface area contributed by atoms with Gasteiger partial charge in [0.15, 0.2) is 19.7 Å². The Bertz CT molecular complexity index is 681. The van der Waals surface area contributed by atoms with E-state index in [2.05, 4.69) is 5.32 Å². The fourth-order valence-corrected chi connectivity index (χ4v) is 8.51. The van der Waals surface area contributed by atoms with E-state index in [1.165, 1.54) is 6.07 Å². The van der Waals surface area contributed by atoms with Crippen molar-refractivity contribution in [1.82, 2.24) is 10.2 Å². The number of nitrogens with one attached hydrogen (secondary N) is 1. The molecule has 1 aliphatic rings. The topological polar surface area (TPSA) is 83.6 Å². The summed E-state index contributed by atoms with van der Waals surface area (Å²) in [5.74, 6) is -0.400. The molecule has 0 spiro atoms. The highest BCUT2D eigenvalue weighted by Crippen LogP contribution is 2.28. The molecule has 0 saturated carbocycles. The van der Waals surface area contributed by atoms with Gasteiger partial charge < -0.3 is 10.2 Å². The van der Waals surface area contributed by atoms with Crippen LogP contribution in [0.25, 0.3) is 0 Å². The molecule has 0 bridgehead atoms. The highest BCUT2D eigenvalue weighted by Gasteiger charge is 2.45. The second-order valence-corrected chi connectivity index (χ2v) is 11.3. The molecule has 1 aliphatic heterocycles. The second kappa shape index (κ2) is 6.96. The molecule has 0 aliphatic carbocycles. The quantitative estimate of drug-likeness (QED) is 0.696. The van der Waals surface area contributed by atoms with Gasteiger partial charge in [0.1, 0.15) is 4.21 Å². The zero-order chi connectivity index (χ0) is 16.4. The standard InChI is InChI=1S/C13H22N2O4S3/c1-15(2)7-4-6-14-11-9-21(16,17)10-12(11)22(18,19)13-5-3-8-20-13/h3,5,8,11-12,14H,4,6-7,9-10H2,1-2H3/t11-,12-/m0/s1. The number of rotatable bonds is 7. The molecule has 2 atom stereocenters. The Hall–Kier alpha value is -0.480. The van der Waals surface area contributed by atoms with E-state index in [-0.39, 0.29) is 15.7 Å². The first-order valence-corrected chi connectivity index (χ1v) is 11.3. The fourth-order valence-electron chi connectivity index (χ4n) is 2.57. The van der Waals surface area contributed by atoms with Crippen LogP contribution in [0, 0.1) is 0 Å². The highest BCUT2D eigenvalue weighted by atomic mass is 32.2. The van der Waals surface area contributed by atoms with E-state index in [1.54, 1.807) is 11.4 Å². The van der Waals surface area contributed by atoms with E-state index in [0.717, 1.165) is 24.3 Å². The van der Waals surface area contributed by atoms with Crippen LogP contribution in [0.15, 0.2) is 21.7 Å². The van der Waals surface area contributed by atoms with E-state index >= 15 is 0 Å². The molecule has 9 heteroatoms. The van der Waals surface area contributed by atoms with Gasteiger partial charge in [-0.2, -0.15) is 0 Å². The summed E-state index contributed by atoms with van der Waals surface area (Å²) in [6, 6.07) is 2.67. The minimum absolute atomic E-state index is 0.107. The van der Waals surface area contributed by atoms with Crippen LogP contribution in [0.2, 0.25) is 0 Å². The molecule has 6 nitrogen and oxygen atoms in total. The summed E-state index contributed by atoms with van der Waals surface area (Å²) >= 11 is 1.13. The SMILES string of the molecule is CN(C)CCCN[C@H]1CS(=O)(=O)C[C@@H]1S(=O)(=O)c1cccs1. The van der Waals surface area contributed by atoms with Gasteiger partial charge in [-0.1, -0.05) is 6.07 Å². The second-order valence-electron chi connectivity index (χ2n) is 5.81. The average molecular weight is 367 g/mol. The first-order valence-electron chi connectivity index (χ1n) is 7.08.